The lowest BCUT2D eigenvalue weighted by atomic mass is 9.82. The fourth-order valence-corrected chi connectivity index (χ4v) is 3.03. The molecule has 0 bridgehead atoms. The summed E-state index contributed by atoms with van der Waals surface area (Å²) in [5.74, 6) is 5.94. The van der Waals surface area contributed by atoms with Crippen molar-refractivity contribution in [1.82, 2.24) is 4.90 Å². The third kappa shape index (κ3) is 3.28. The first-order valence-corrected chi connectivity index (χ1v) is 7.73. The van der Waals surface area contributed by atoms with Crippen LogP contribution in [0.25, 0.3) is 0 Å². The van der Waals surface area contributed by atoms with Crippen molar-refractivity contribution < 1.29 is 4.79 Å². The van der Waals surface area contributed by atoms with Crippen LogP contribution in [-0.2, 0) is 0 Å². The molecular weight excluding hydrogens is 260 g/mol. The molecule has 0 aromatic heterocycles. The number of nitrogens with zero attached hydrogens (tertiary/aromatic N) is 1. The molecule has 1 amide bonds. The monoisotopic (exact) mass is 284 g/mol. The molecule has 21 heavy (non-hydrogen) atoms. The minimum atomic E-state index is 0.0979. The van der Waals surface area contributed by atoms with Crippen molar-refractivity contribution in [3.63, 3.8) is 0 Å². The Balaban J connectivity index is 2.22. The second kappa shape index (κ2) is 6.78. The molecule has 1 aliphatic heterocycles. The normalized spacial score (nSPS) is 16.4. The number of nitrogens with two attached hydrogens (primary N) is 1. The number of carbonyl (C=O) groups is 1. The molecule has 3 nitrogen and oxygen atoms in total. The minimum Gasteiger partial charge on any atom is -0.338 e. The highest BCUT2D eigenvalue weighted by molar-refractivity contribution is 5.97. The van der Waals surface area contributed by atoms with E-state index in [0.29, 0.717) is 17.5 Å². The molecule has 1 saturated heterocycles. The van der Waals surface area contributed by atoms with Crippen LogP contribution in [0.2, 0.25) is 0 Å². The molecule has 3 heteroatoms. The third-order valence-electron chi connectivity index (χ3n) is 4.71. The van der Waals surface area contributed by atoms with E-state index in [1.165, 1.54) is 0 Å². The van der Waals surface area contributed by atoms with Crippen LogP contribution in [0, 0.1) is 17.3 Å². The highest BCUT2D eigenvalue weighted by Crippen LogP contribution is 2.37. The molecular formula is C18H24N2O. The molecule has 2 N–H and O–H groups in total. The number of hydrogen-bond donors (Lipinski definition) is 1. The maximum atomic E-state index is 12.8. The van der Waals surface area contributed by atoms with Crippen molar-refractivity contribution in [2.45, 2.75) is 33.1 Å². The van der Waals surface area contributed by atoms with Crippen molar-refractivity contribution >= 4 is 5.91 Å². The summed E-state index contributed by atoms with van der Waals surface area (Å²) in [5, 5.41) is 0. The molecule has 0 atom stereocenters. The first kappa shape index (κ1) is 15.6. The molecule has 1 heterocycles. The van der Waals surface area contributed by atoms with Crippen molar-refractivity contribution in [3.8, 4) is 11.8 Å². The van der Waals surface area contributed by atoms with E-state index in [1.807, 2.05) is 29.2 Å². The maximum absolute atomic E-state index is 12.8. The van der Waals surface area contributed by atoms with Gasteiger partial charge in [-0.3, -0.25) is 4.79 Å². The molecule has 0 saturated carbocycles. The van der Waals surface area contributed by atoms with E-state index in [2.05, 4.69) is 25.7 Å². The third-order valence-corrected chi connectivity index (χ3v) is 4.71. The second-order valence-corrected chi connectivity index (χ2v) is 5.74. The van der Waals surface area contributed by atoms with Crippen molar-refractivity contribution in [1.29, 1.82) is 0 Å². The molecule has 1 aromatic rings. The average Bonchev–Trinajstić information content (AvgIpc) is 2.98. The Hall–Kier alpha value is -1.79. The Morgan fingerprint density at radius 2 is 2.05 bits per heavy atom. The van der Waals surface area contributed by atoms with Gasteiger partial charge in [-0.25, -0.2) is 0 Å². The largest absolute Gasteiger partial charge is 0.338 e. The molecule has 112 valence electrons. The van der Waals surface area contributed by atoms with Gasteiger partial charge in [-0.05, 0) is 36.8 Å². The van der Waals surface area contributed by atoms with Gasteiger partial charge in [0.05, 0.1) is 12.1 Å². The molecule has 0 spiro atoms. The van der Waals surface area contributed by atoms with Gasteiger partial charge in [0.1, 0.15) is 0 Å². The van der Waals surface area contributed by atoms with E-state index < -0.39 is 0 Å². The zero-order valence-corrected chi connectivity index (χ0v) is 13.0. The van der Waals surface area contributed by atoms with Gasteiger partial charge >= 0.3 is 0 Å². The summed E-state index contributed by atoms with van der Waals surface area (Å²) in [5.41, 5.74) is 7.20. The van der Waals surface area contributed by atoms with E-state index >= 15 is 0 Å². The van der Waals surface area contributed by atoms with Crippen LogP contribution in [0.15, 0.2) is 24.3 Å². The van der Waals surface area contributed by atoms with Gasteiger partial charge in [0.25, 0.3) is 5.91 Å². The maximum Gasteiger partial charge on any atom is 0.255 e. The lowest BCUT2D eigenvalue weighted by molar-refractivity contribution is 0.0769. The zero-order valence-electron chi connectivity index (χ0n) is 13.0. The average molecular weight is 284 g/mol. The summed E-state index contributed by atoms with van der Waals surface area (Å²) in [4.78, 5) is 14.8. The van der Waals surface area contributed by atoms with E-state index in [0.717, 1.165) is 37.9 Å². The SMILES string of the molecule is CCC1(CC)CCN(C(=O)c2ccccc2C#CCN)C1. The minimum absolute atomic E-state index is 0.0979. The number of benzene rings is 1. The molecule has 1 fully saturated rings. The molecule has 0 aliphatic carbocycles. The van der Waals surface area contributed by atoms with Gasteiger partial charge < -0.3 is 10.6 Å². The van der Waals surface area contributed by atoms with Crippen LogP contribution in [-0.4, -0.2) is 30.4 Å². The Bertz CT molecular complexity index is 564. The summed E-state index contributed by atoms with van der Waals surface area (Å²) < 4.78 is 0. The van der Waals surface area contributed by atoms with E-state index in [-0.39, 0.29) is 5.91 Å². The Kier molecular flexibility index (Phi) is 5.03. The number of amides is 1. The summed E-state index contributed by atoms with van der Waals surface area (Å²) in [6, 6.07) is 7.55. The van der Waals surface area contributed by atoms with Crippen LogP contribution < -0.4 is 5.73 Å². The number of likely N-dealkylation sites (tertiary alicyclic amines) is 1. The smallest absolute Gasteiger partial charge is 0.255 e. The van der Waals surface area contributed by atoms with Crippen molar-refractivity contribution in [2.24, 2.45) is 11.1 Å². The van der Waals surface area contributed by atoms with Crippen LogP contribution in [0.1, 0.15) is 49.0 Å². The predicted octanol–water partition coefficient (Wildman–Crippen LogP) is 2.65. The highest BCUT2D eigenvalue weighted by atomic mass is 16.2. The first-order valence-electron chi connectivity index (χ1n) is 7.73. The van der Waals surface area contributed by atoms with Gasteiger partial charge in [-0.2, -0.15) is 0 Å². The molecule has 1 aromatic carbocycles. The van der Waals surface area contributed by atoms with Gasteiger partial charge in [-0.15, -0.1) is 0 Å². The summed E-state index contributed by atoms with van der Waals surface area (Å²) in [6.07, 6.45) is 3.35. The first-order chi connectivity index (χ1) is 10.2. The van der Waals surface area contributed by atoms with Crippen LogP contribution in [0.5, 0.6) is 0 Å². The lowest BCUT2D eigenvalue weighted by Gasteiger charge is -2.26. The van der Waals surface area contributed by atoms with Crippen molar-refractivity contribution in [3.05, 3.63) is 35.4 Å². The Morgan fingerprint density at radius 1 is 1.33 bits per heavy atom. The predicted molar refractivity (Wildman–Crippen MR) is 85.9 cm³/mol. The quantitative estimate of drug-likeness (QED) is 0.867. The highest BCUT2D eigenvalue weighted by Gasteiger charge is 2.37. The van der Waals surface area contributed by atoms with Gasteiger partial charge in [-0.1, -0.05) is 37.8 Å². The van der Waals surface area contributed by atoms with E-state index in [1.54, 1.807) is 0 Å². The Morgan fingerprint density at radius 3 is 2.67 bits per heavy atom. The molecule has 2 rings (SSSR count). The second-order valence-electron chi connectivity index (χ2n) is 5.74. The fourth-order valence-electron chi connectivity index (χ4n) is 3.03. The van der Waals surface area contributed by atoms with Gasteiger partial charge in [0, 0.05) is 18.7 Å². The summed E-state index contributed by atoms with van der Waals surface area (Å²) in [6.45, 7) is 6.45. The summed E-state index contributed by atoms with van der Waals surface area (Å²) >= 11 is 0. The summed E-state index contributed by atoms with van der Waals surface area (Å²) in [7, 11) is 0. The topological polar surface area (TPSA) is 46.3 Å². The molecule has 0 radical (unpaired) electrons. The fraction of sp³-hybridized carbons (Fsp3) is 0.500. The number of carbonyl (C=O) groups excluding carboxylic acids is 1. The molecule has 0 unspecified atom stereocenters. The van der Waals surface area contributed by atoms with E-state index in [9.17, 15) is 4.79 Å². The van der Waals surface area contributed by atoms with Gasteiger partial charge in [0.15, 0.2) is 0 Å². The van der Waals surface area contributed by atoms with E-state index in [4.69, 9.17) is 5.73 Å². The van der Waals surface area contributed by atoms with Crippen LogP contribution in [0.4, 0.5) is 0 Å². The molecule has 1 aliphatic rings. The standard InChI is InChI=1S/C18H24N2O/c1-3-18(4-2)11-13-20(14-18)17(21)16-10-6-5-8-15(16)9-7-12-19/h5-6,8,10H,3-4,11-14,19H2,1-2H3. The zero-order chi connectivity index (χ0) is 15.3. The van der Waals surface area contributed by atoms with Crippen molar-refractivity contribution in [2.75, 3.05) is 19.6 Å². The van der Waals surface area contributed by atoms with Gasteiger partial charge in [0.2, 0.25) is 0 Å². The number of hydrogen-bond acceptors (Lipinski definition) is 2. The number of rotatable bonds is 3. The van der Waals surface area contributed by atoms with Crippen LogP contribution in [0.3, 0.4) is 0 Å². The lowest BCUT2D eigenvalue weighted by Crippen LogP contribution is -2.32. The van der Waals surface area contributed by atoms with Crippen LogP contribution >= 0.6 is 0 Å². The Labute approximate surface area is 127 Å².